The smallest absolute Gasteiger partial charge is 0.191 e. The zero-order chi connectivity index (χ0) is 18.2. The molecule has 1 aromatic carbocycles. The summed E-state index contributed by atoms with van der Waals surface area (Å²) >= 11 is 12.1. The topological polar surface area (TPSA) is 50.6 Å². The van der Waals surface area contributed by atoms with Crippen molar-refractivity contribution in [3.05, 3.63) is 57.3 Å². The molecule has 136 valence electrons. The Hall–Kier alpha value is -1.69. The standard InChI is InChI=1S/C18H24Cl2N4O/c1-4-25-12-14-8-6-5-7-13(14)10-22-18(21-2)23-11-15-9-16(19)17(20)24(15)3/h5-9H,4,10-12H2,1-3H3,(H2,21,22,23). The number of aliphatic imine (C=N–C) groups is 1. The molecule has 0 spiro atoms. The summed E-state index contributed by atoms with van der Waals surface area (Å²) in [6.07, 6.45) is 0. The third-order valence-corrected chi connectivity index (χ3v) is 4.74. The first kappa shape index (κ1) is 19.6. The first-order valence-electron chi connectivity index (χ1n) is 8.15. The maximum atomic E-state index is 6.09. The maximum Gasteiger partial charge on any atom is 0.191 e. The number of guanidine groups is 1. The van der Waals surface area contributed by atoms with Crippen LogP contribution in [0.4, 0.5) is 0 Å². The predicted molar refractivity (Wildman–Crippen MR) is 104 cm³/mol. The van der Waals surface area contributed by atoms with Crippen LogP contribution in [-0.2, 0) is 31.5 Å². The molecule has 5 nitrogen and oxygen atoms in total. The summed E-state index contributed by atoms with van der Waals surface area (Å²) in [4.78, 5) is 4.26. The Labute approximate surface area is 159 Å². The molecule has 2 aromatic rings. The predicted octanol–water partition coefficient (Wildman–Crippen LogP) is 3.73. The third kappa shape index (κ3) is 5.39. The lowest BCUT2D eigenvalue weighted by Gasteiger charge is -2.14. The van der Waals surface area contributed by atoms with Crippen LogP contribution < -0.4 is 10.6 Å². The van der Waals surface area contributed by atoms with E-state index in [0.717, 1.165) is 5.69 Å². The lowest BCUT2D eigenvalue weighted by atomic mass is 10.1. The van der Waals surface area contributed by atoms with Gasteiger partial charge in [0.2, 0.25) is 0 Å². The summed E-state index contributed by atoms with van der Waals surface area (Å²) in [5.41, 5.74) is 3.34. The molecule has 0 saturated carbocycles. The van der Waals surface area contributed by atoms with Gasteiger partial charge in [0.15, 0.2) is 5.96 Å². The second-order valence-electron chi connectivity index (χ2n) is 5.52. The highest BCUT2D eigenvalue weighted by Crippen LogP contribution is 2.24. The van der Waals surface area contributed by atoms with Gasteiger partial charge in [-0.25, -0.2) is 0 Å². The van der Waals surface area contributed by atoms with Crippen molar-refractivity contribution < 1.29 is 4.74 Å². The molecular formula is C18H24Cl2N4O. The molecule has 25 heavy (non-hydrogen) atoms. The van der Waals surface area contributed by atoms with E-state index in [2.05, 4.69) is 27.8 Å². The molecule has 7 heteroatoms. The molecule has 0 amide bonds. The molecule has 2 N–H and O–H groups in total. The molecule has 0 atom stereocenters. The molecule has 0 aliphatic carbocycles. The summed E-state index contributed by atoms with van der Waals surface area (Å²) < 4.78 is 7.37. The van der Waals surface area contributed by atoms with Gasteiger partial charge in [0.05, 0.1) is 18.2 Å². The minimum atomic E-state index is 0.534. The lowest BCUT2D eigenvalue weighted by molar-refractivity contribution is 0.133. The Kier molecular flexibility index (Phi) is 7.62. The number of benzene rings is 1. The van der Waals surface area contributed by atoms with E-state index in [9.17, 15) is 0 Å². The summed E-state index contributed by atoms with van der Waals surface area (Å²) in [7, 11) is 3.62. The monoisotopic (exact) mass is 382 g/mol. The van der Waals surface area contributed by atoms with E-state index in [-0.39, 0.29) is 0 Å². The van der Waals surface area contributed by atoms with E-state index in [0.29, 0.717) is 42.4 Å². The molecule has 0 saturated heterocycles. The first-order valence-corrected chi connectivity index (χ1v) is 8.91. The van der Waals surface area contributed by atoms with Crippen molar-refractivity contribution in [2.75, 3.05) is 13.7 Å². The van der Waals surface area contributed by atoms with Gasteiger partial charge in [0.1, 0.15) is 5.15 Å². The average Bonchev–Trinajstić information content (AvgIpc) is 2.87. The molecule has 0 bridgehead atoms. The average molecular weight is 383 g/mol. The number of nitrogens with one attached hydrogen (secondary N) is 2. The number of nitrogens with zero attached hydrogens (tertiary/aromatic N) is 2. The quantitative estimate of drug-likeness (QED) is 0.566. The van der Waals surface area contributed by atoms with Crippen molar-refractivity contribution in [2.24, 2.45) is 12.0 Å². The second-order valence-corrected chi connectivity index (χ2v) is 6.28. The Balaban J connectivity index is 1.93. The highest BCUT2D eigenvalue weighted by atomic mass is 35.5. The lowest BCUT2D eigenvalue weighted by Crippen LogP contribution is -2.36. The van der Waals surface area contributed by atoms with Crippen molar-refractivity contribution in [2.45, 2.75) is 26.6 Å². The largest absolute Gasteiger partial charge is 0.377 e. The van der Waals surface area contributed by atoms with Gasteiger partial charge >= 0.3 is 0 Å². The van der Waals surface area contributed by atoms with E-state index in [1.807, 2.05) is 36.7 Å². The summed E-state index contributed by atoms with van der Waals surface area (Å²) in [6.45, 7) is 4.54. The van der Waals surface area contributed by atoms with Crippen LogP contribution in [0.15, 0.2) is 35.3 Å². The van der Waals surface area contributed by atoms with Crippen LogP contribution >= 0.6 is 23.2 Å². The Bertz CT molecular complexity index is 728. The minimum absolute atomic E-state index is 0.534. The van der Waals surface area contributed by atoms with Gasteiger partial charge in [-0.3, -0.25) is 4.99 Å². The van der Waals surface area contributed by atoms with Gasteiger partial charge in [-0.05, 0) is 24.1 Å². The van der Waals surface area contributed by atoms with Crippen LogP contribution in [0.1, 0.15) is 23.7 Å². The van der Waals surface area contributed by atoms with Crippen molar-refractivity contribution >= 4 is 29.2 Å². The van der Waals surface area contributed by atoms with Crippen molar-refractivity contribution in [3.8, 4) is 0 Å². The second kappa shape index (κ2) is 9.70. The Morgan fingerprint density at radius 2 is 1.84 bits per heavy atom. The number of hydrogen-bond acceptors (Lipinski definition) is 2. The number of halogens is 2. The van der Waals surface area contributed by atoms with Gasteiger partial charge in [-0.2, -0.15) is 0 Å². The molecule has 0 aliphatic heterocycles. The van der Waals surface area contributed by atoms with Crippen LogP contribution in [-0.4, -0.2) is 24.2 Å². The van der Waals surface area contributed by atoms with Crippen LogP contribution in [0.3, 0.4) is 0 Å². The summed E-state index contributed by atoms with van der Waals surface area (Å²) in [5, 5.41) is 7.67. The molecule has 0 fully saturated rings. The minimum Gasteiger partial charge on any atom is -0.377 e. The molecule has 0 radical (unpaired) electrons. The number of rotatable bonds is 7. The SMILES string of the molecule is CCOCc1ccccc1CNC(=NC)NCc1cc(Cl)c(Cl)n1C. The third-order valence-electron chi connectivity index (χ3n) is 3.90. The molecule has 1 aromatic heterocycles. The van der Waals surface area contributed by atoms with Crippen LogP contribution in [0.5, 0.6) is 0 Å². The molecular weight excluding hydrogens is 359 g/mol. The number of aromatic nitrogens is 1. The maximum absolute atomic E-state index is 6.09. The van der Waals surface area contributed by atoms with Crippen LogP contribution in [0.2, 0.25) is 10.2 Å². The van der Waals surface area contributed by atoms with E-state index in [1.165, 1.54) is 11.1 Å². The number of ether oxygens (including phenoxy) is 1. The van der Waals surface area contributed by atoms with Gasteiger partial charge in [0.25, 0.3) is 0 Å². The van der Waals surface area contributed by atoms with Gasteiger partial charge in [0, 0.05) is 32.9 Å². The van der Waals surface area contributed by atoms with E-state index in [4.69, 9.17) is 27.9 Å². The normalized spacial score (nSPS) is 11.6. The van der Waals surface area contributed by atoms with E-state index >= 15 is 0 Å². The van der Waals surface area contributed by atoms with Gasteiger partial charge in [-0.15, -0.1) is 0 Å². The Morgan fingerprint density at radius 1 is 1.16 bits per heavy atom. The molecule has 0 unspecified atom stereocenters. The first-order chi connectivity index (χ1) is 12.1. The highest BCUT2D eigenvalue weighted by Gasteiger charge is 2.09. The molecule has 0 aliphatic rings. The number of hydrogen-bond donors (Lipinski definition) is 2. The van der Waals surface area contributed by atoms with Crippen LogP contribution in [0, 0.1) is 0 Å². The summed E-state index contributed by atoms with van der Waals surface area (Å²) in [6, 6.07) is 10.1. The highest BCUT2D eigenvalue weighted by molar-refractivity contribution is 6.41. The zero-order valence-electron chi connectivity index (χ0n) is 14.8. The fourth-order valence-electron chi connectivity index (χ4n) is 2.42. The summed E-state index contributed by atoms with van der Waals surface area (Å²) in [5.74, 6) is 0.708. The van der Waals surface area contributed by atoms with E-state index < -0.39 is 0 Å². The zero-order valence-corrected chi connectivity index (χ0v) is 16.3. The van der Waals surface area contributed by atoms with Crippen molar-refractivity contribution in [1.29, 1.82) is 0 Å². The van der Waals surface area contributed by atoms with E-state index in [1.54, 1.807) is 7.05 Å². The fraction of sp³-hybridized carbons (Fsp3) is 0.389. The van der Waals surface area contributed by atoms with Crippen molar-refractivity contribution in [1.82, 2.24) is 15.2 Å². The van der Waals surface area contributed by atoms with Gasteiger partial charge < -0.3 is 19.9 Å². The molecule has 1 heterocycles. The van der Waals surface area contributed by atoms with Crippen molar-refractivity contribution in [3.63, 3.8) is 0 Å². The van der Waals surface area contributed by atoms with Crippen LogP contribution in [0.25, 0.3) is 0 Å². The molecule has 2 rings (SSSR count). The van der Waals surface area contributed by atoms with Gasteiger partial charge in [-0.1, -0.05) is 47.5 Å². The Morgan fingerprint density at radius 3 is 2.44 bits per heavy atom. The fourth-order valence-corrected chi connectivity index (χ4v) is 2.83.